The van der Waals surface area contributed by atoms with Crippen LogP contribution in [-0.2, 0) is 0 Å². The maximum atomic E-state index is 6.08. The van der Waals surface area contributed by atoms with Gasteiger partial charge in [0.15, 0.2) is 0 Å². The summed E-state index contributed by atoms with van der Waals surface area (Å²) in [6, 6.07) is 2.36. The highest BCUT2D eigenvalue weighted by Crippen LogP contribution is 2.24. The van der Waals surface area contributed by atoms with Crippen LogP contribution in [0.4, 0.5) is 5.82 Å². The Labute approximate surface area is 123 Å². The predicted molar refractivity (Wildman–Crippen MR) is 79.3 cm³/mol. The molecule has 1 aliphatic rings. The molecular weight excluding hydrogens is 276 g/mol. The predicted octanol–water partition coefficient (Wildman–Crippen LogP) is 1.70. The van der Waals surface area contributed by atoms with Gasteiger partial charge in [0.05, 0.1) is 0 Å². The number of hydrogen-bond donors (Lipinski definition) is 0. The van der Waals surface area contributed by atoms with Gasteiger partial charge in [-0.25, -0.2) is 0 Å². The van der Waals surface area contributed by atoms with Gasteiger partial charge in [0.2, 0.25) is 0 Å². The Kier molecular flexibility index (Phi) is 3.76. The fraction of sp³-hybridized carbons (Fsp3) is 0.615. The number of anilines is 1. The van der Waals surface area contributed by atoms with Crippen LogP contribution >= 0.6 is 11.6 Å². The molecule has 0 amide bonds. The van der Waals surface area contributed by atoms with Crippen molar-refractivity contribution in [1.82, 2.24) is 24.5 Å². The lowest BCUT2D eigenvalue weighted by Crippen LogP contribution is -2.43. The lowest BCUT2D eigenvalue weighted by atomic mass is 10.0. The van der Waals surface area contributed by atoms with Crippen molar-refractivity contribution >= 4 is 23.2 Å². The molecule has 1 aliphatic heterocycles. The van der Waals surface area contributed by atoms with E-state index in [0.717, 1.165) is 38.3 Å². The van der Waals surface area contributed by atoms with E-state index in [4.69, 9.17) is 11.6 Å². The molecule has 3 rings (SSSR count). The minimum atomic E-state index is 0.457. The zero-order chi connectivity index (χ0) is 14.1. The smallest absolute Gasteiger partial charge is 0.255 e. The molecule has 0 spiro atoms. The molecule has 0 saturated carbocycles. The summed E-state index contributed by atoms with van der Waals surface area (Å²) in [7, 11) is 2.10. The van der Waals surface area contributed by atoms with E-state index in [-0.39, 0.29) is 0 Å². The van der Waals surface area contributed by atoms with Gasteiger partial charge in [0.25, 0.3) is 5.78 Å². The van der Waals surface area contributed by atoms with E-state index in [2.05, 4.69) is 38.8 Å². The first-order chi connectivity index (χ1) is 9.69. The van der Waals surface area contributed by atoms with Gasteiger partial charge in [-0.3, -0.25) is 0 Å². The van der Waals surface area contributed by atoms with Crippen LogP contribution in [-0.4, -0.2) is 57.2 Å². The van der Waals surface area contributed by atoms with Gasteiger partial charge in [0, 0.05) is 32.2 Å². The second-order valence-corrected chi connectivity index (χ2v) is 5.57. The van der Waals surface area contributed by atoms with E-state index >= 15 is 0 Å². The van der Waals surface area contributed by atoms with Gasteiger partial charge in [-0.1, -0.05) is 18.5 Å². The molecule has 108 valence electrons. The van der Waals surface area contributed by atoms with Crippen LogP contribution in [0.2, 0.25) is 5.15 Å². The molecule has 0 atom stereocenters. The third kappa shape index (κ3) is 2.45. The Bertz CT molecular complexity index is 590. The monoisotopic (exact) mass is 294 g/mol. The maximum Gasteiger partial charge on any atom is 0.255 e. The van der Waals surface area contributed by atoms with Crippen LogP contribution in [0.15, 0.2) is 12.4 Å². The number of nitrogens with zero attached hydrogens (tertiary/aromatic N) is 6. The van der Waals surface area contributed by atoms with Crippen LogP contribution in [0.3, 0.4) is 0 Å². The highest BCUT2D eigenvalue weighted by Gasteiger charge is 2.23. The normalized spacial score (nSPS) is 17.8. The third-order valence-electron chi connectivity index (χ3n) is 4.12. The summed E-state index contributed by atoms with van der Waals surface area (Å²) < 4.78 is 1.75. The molecule has 0 unspecified atom stereocenters. The van der Waals surface area contributed by atoms with E-state index in [0.29, 0.717) is 17.0 Å². The zero-order valence-electron chi connectivity index (χ0n) is 11.8. The molecule has 0 N–H and O–H groups in total. The molecule has 20 heavy (non-hydrogen) atoms. The standard InChI is InChI=1S/C13H19ClN6/c1-3-19-6-4-10(5-7-19)18(2)12-8-11(14)17-13-15-9-16-20(12)13/h8-10H,3-7H2,1-2H3. The quantitative estimate of drug-likeness (QED) is 0.807. The molecule has 7 heteroatoms. The molecule has 2 aromatic heterocycles. The van der Waals surface area contributed by atoms with Gasteiger partial charge >= 0.3 is 0 Å². The number of rotatable bonds is 3. The number of likely N-dealkylation sites (tertiary alicyclic amines) is 1. The Morgan fingerprint density at radius 2 is 2.15 bits per heavy atom. The fourth-order valence-corrected chi connectivity index (χ4v) is 3.00. The number of hydrogen-bond acceptors (Lipinski definition) is 5. The first-order valence-corrected chi connectivity index (χ1v) is 7.38. The molecule has 6 nitrogen and oxygen atoms in total. The highest BCUT2D eigenvalue weighted by atomic mass is 35.5. The molecule has 0 radical (unpaired) electrons. The summed E-state index contributed by atoms with van der Waals surface area (Å²) in [6.45, 7) is 5.63. The van der Waals surface area contributed by atoms with Crippen LogP contribution in [0.5, 0.6) is 0 Å². The van der Waals surface area contributed by atoms with Crippen molar-refractivity contribution in [3.63, 3.8) is 0 Å². The largest absolute Gasteiger partial charge is 0.356 e. The first kappa shape index (κ1) is 13.6. The van der Waals surface area contributed by atoms with E-state index in [1.165, 1.54) is 6.33 Å². The molecule has 0 bridgehead atoms. The Balaban J connectivity index is 1.85. The summed E-state index contributed by atoms with van der Waals surface area (Å²) in [5.74, 6) is 1.50. The second kappa shape index (κ2) is 5.54. The van der Waals surface area contributed by atoms with E-state index in [9.17, 15) is 0 Å². The summed E-state index contributed by atoms with van der Waals surface area (Å²) >= 11 is 6.08. The van der Waals surface area contributed by atoms with Crippen molar-refractivity contribution in [1.29, 1.82) is 0 Å². The van der Waals surface area contributed by atoms with Crippen molar-refractivity contribution in [2.45, 2.75) is 25.8 Å². The summed E-state index contributed by atoms with van der Waals surface area (Å²) in [4.78, 5) is 13.0. The molecule has 1 saturated heterocycles. The van der Waals surface area contributed by atoms with Crippen LogP contribution in [0.25, 0.3) is 5.78 Å². The summed E-state index contributed by atoms with van der Waals surface area (Å²) in [6.07, 6.45) is 3.82. The molecule has 3 heterocycles. The third-order valence-corrected chi connectivity index (χ3v) is 4.31. The lowest BCUT2D eigenvalue weighted by Gasteiger charge is -2.37. The molecular formula is C13H19ClN6. The van der Waals surface area contributed by atoms with Crippen molar-refractivity contribution in [2.75, 3.05) is 31.6 Å². The Morgan fingerprint density at radius 1 is 1.40 bits per heavy atom. The van der Waals surface area contributed by atoms with Crippen LogP contribution < -0.4 is 4.90 Å². The average Bonchev–Trinajstić information content (AvgIpc) is 2.94. The minimum absolute atomic E-state index is 0.457. The van der Waals surface area contributed by atoms with E-state index in [1.807, 2.05) is 6.07 Å². The summed E-state index contributed by atoms with van der Waals surface area (Å²) in [5.41, 5.74) is 0. The van der Waals surface area contributed by atoms with Gasteiger partial charge in [-0.2, -0.15) is 19.6 Å². The molecule has 0 aromatic carbocycles. The van der Waals surface area contributed by atoms with Crippen molar-refractivity contribution in [2.24, 2.45) is 0 Å². The van der Waals surface area contributed by atoms with E-state index in [1.54, 1.807) is 4.52 Å². The van der Waals surface area contributed by atoms with Crippen molar-refractivity contribution < 1.29 is 0 Å². The number of halogens is 1. The van der Waals surface area contributed by atoms with Crippen LogP contribution in [0.1, 0.15) is 19.8 Å². The SMILES string of the molecule is CCN1CCC(N(C)c2cc(Cl)nc3ncnn23)CC1. The Hall–Kier alpha value is -1.40. The van der Waals surface area contributed by atoms with Crippen molar-refractivity contribution in [3.8, 4) is 0 Å². The van der Waals surface area contributed by atoms with Gasteiger partial charge in [-0.05, 0) is 19.4 Å². The highest BCUT2D eigenvalue weighted by molar-refractivity contribution is 6.29. The maximum absolute atomic E-state index is 6.08. The molecule has 0 aliphatic carbocycles. The first-order valence-electron chi connectivity index (χ1n) is 7.00. The number of piperidine rings is 1. The minimum Gasteiger partial charge on any atom is -0.356 e. The average molecular weight is 295 g/mol. The van der Waals surface area contributed by atoms with Gasteiger partial charge < -0.3 is 9.80 Å². The number of fused-ring (bicyclic) bond motifs is 1. The van der Waals surface area contributed by atoms with Crippen molar-refractivity contribution in [3.05, 3.63) is 17.5 Å². The van der Waals surface area contributed by atoms with Gasteiger partial charge in [-0.15, -0.1) is 0 Å². The van der Waals surface area contributed by atoms with Crippen LogP contribution in [0, 0.1) is 0 Å². The second-order valence-electron chi connectivity index (χ2n) is 5.19. The topological polar surface area (TPSA) is 49.6 Å². The van der Waals surface area contributed by atoms with E-state index < -0.39 is 0 Å². The Morgan fingerprint density at radius 3 is 2.85 bits per heavy atom. The lowest BCUT2D eigenvalue weighted by molar-refractivity contribution is 0.220. The molecule has 1 fully saturated rings. The fourth-order valence-electron chi connectivity index (χ4n) is 2.83. The van der Waals surface area contributed by atoms with Gasteiger partial charge in [0.1, 0.15) is 17.3 Å². The number of aromatic nitrogens is 4. The zero-order valence-corrected chi connectivity index (χ0v) is 12.6. The summed E-state index contributed by atoms with van der Waals surface area (Å²) in [5, 5.41) is 4.70. The molecule has 2 aromatic rings.